The molecule has 1 atom stereocenters. The van der Waals surface area contributed by atoms with E-state index in [9.17, 15) is 4.79 Å². The second-order valence-corrected chi connectivity index (χ2v) is 5.45. The molecular weight excluding hydrogens is 337 g/mol. The van der Waals surface area contributed by atoms with Crippen molar-refractivity contribution >= 4 is 30.7 Å². The summed E-state index contributed by atoms with van der Waals surface area (Å²) in [4.78, 5) is 16.5. The van der Waals surface area contributed by atoms with E-state index in [1.807, 2.05) is 38.2 Å². The van der Waals surface area contributed by atoms with Crippen LogP contribution in [-0.2, 0) is 4.79 Å². The van der Waals surface area contributed by atoms with Gasteiger partial charge in [-0.05, 0) is 13.0 Å². The highest BCUT2D eigenvalue weighted by atomic mass is 35.5. The third-order valence-corrected chi connectivity index (χ3v) is 4.13. The quantitative estimate of drug-likeness (QED) is 0.868. The number of para-hydroxylation sites is 1. The summed E-state index contributed by atoms with van der Waals surface area (Å²) in [6.07, 6.45) is 0. The molecule has 0 radical (unpaired) electrons. The summed E-state index contributed by atoms with van der Waals surface area (Å²) >= 11 is 0. The van der Waals surface area contributed by atoms with Gasteiger partial charge in [-0.25, -0.2) is 0 Å². The van der Waals surface area contributed by atoms with Crippen molar-refractivity contribution in [3.63, 3.8) is 0 Å². The lowest BCUT2D eigenvalue weighted by Gasteiger charge is -2.31. The molecule has 1 unspecified atom stereocenters. The number of hydrogen-bond acceptors (Lipinski definition) is 4. The van der Waals surface area contributed by atoms with Gasteiger partial charge in [0.1, 0.15) is 5.75 Å². The van der Waals surface area contributed by atoms with Crippen LogP contribution in [0.2, 0.25) is 0 Å². The first kappa shape index (κ1) is 22.0. The fraction of sp³-hybridized carbons (Fsp3) is 0.562. The SMILES string of the molecule is COc1ccccc1C(C)N(C)C(=O)CN1CCNCC1.Cl.Cl. The van der Waals surface area contributed by atoms with E-state index < -0.39 is 0 Å². The number of benzene rings is 1. The Balaban J connectivity index is 0.00000242. The minimum absolute atomic E-state index is 0. The lowest BCUT2D eigenvalue weighted by molar-refractivity contribution is -0.133. The number of halogens is 2. The van der Waals surface area contributed by atoms with Gasteiger partial charge in [0, 0.05) is 38.8 Å². The van der Waals surface area contributed by atoms with Crippen LogP contribution in [0.1, 0.15) is 18.5 Å². The lowest BCUT2D eigenvalue weighted by atomic mass is 10.1. The molecule has 1 aliphatic heterocycles. The van der Waals surface area contributed by atoms with Crippen LogP contribution in [-0.4, -0.2) is 62.6 Å². The van der Waals surface area contributed by atoms with Crippen molar-refractivity contribution in [1.29, 1.82) is 0 Å². The van der Waals surface area contributed by atoms with Crippen LogP contribution in [0.5, 0.6) is 5.75 Å². The number of amides is 1. The van der Waals surface area contributed by atoms with Crippen LogP contribution in [0.15, 0.2) is 24.3 Å². The molecule has 0 bridgehead atoms. The molecule has 132 valence electrons. The third-order valence-electron chi connectivity index (χ3n) is 4.13. The second-order valence-electron chi connectivity index (χ2n) is 5.45. The van der Waals surface area contributed by atoms with Crippen molar-refractivity contribution < 1.29 is 9.53 Å². The predicted molar refractivity (Wildman–Crippen MR) is 98.0 cm³/mol. The number of hydrogen-bond donors (Lipinski definition) is 1. The summed E-state index contributed by atoms with van der Waals surface area (Å²) in [5.41, 5.74) is 1.04. The number of nitrogens with one attached hydrogen (secondary N) is 1. The van der Waals surface area contributed by atoms with Crippen LogP contribution in [0.3, 0.4) is 0 Å². The highest BCUT2D eigenvalue weighted by molar-refractivity contribution is 5.85. The van der Waals surface area contributed by atoms with E-state index in [1.54, 1.807) is 12.0 Å². The Labute approximate surface area is 151 Å². The molecule has 7 heteroatoms. The van der Waals surface area contributed by atoms with Crippen LogP contribution in [0, 0.1) is 0 Å². The molecule has 1 saturated heterocycles. The predicted octanol–water partition coefficient (Wildman–Crippen LogP) is 1.96. The fourth-order valence-electron chi connectivity index (χ4n) is 2.61. The van der Waals surface area contributed by atoms with E-state index >= 15 is 0 Å². The lowest BCUT2D eigenvalue weighted by Crippen LogP contribution is -2.48. The summed E-state index contributed by atoms with van der Waals surface area (Å²) in [5.74, 6) is 0.974. The summed E-state index contributed by atoms with van der Waals surface area (Å²) in [6.45, 7) is 6.30. The van der Waals surface area contributed by atoms with Gasteiger partial charge in [0.15, 0.2) is 0 Å². The first-order valence-corrected chi connectivity index (χ1v) is 7.45. The molecule has 0 spiro atoms. The number of likely N-dealkylation sites (N-methyl/N-ethyl adjacent to an activating group) is 1. The molecular formula is C16H27Cl2N3O2. The van der Waals surface area contributed by atoms with Gasteiger partial charge in [0.25, 0.3) is 0 Å². The molecule has 1 aliphatic rings. The van der Waals surface area contributed by atoms with Gasteiger partial charge in [-0.3, -0.25) is 9.69 Å². The Bertz CT molecular complexity index is 482. The zero-order valence-electron chi connectivity index (χ0n) is 13.9. The number of nitrogens with zero attached hydrogens (tertiary/aromatic N) is 2. The molecule has 1 N–H and O–H groups in total. The van der Waals surface area contributed by atoms with E-state index in [0.29, 0.717) is 6.54 Å². The van der Waals surface area contributed by atoms with Crippen molar-refractivity contribution in [3.05, 3.63) is 29.8 Å². The van der Waals surface area contributed by atoms with Gasteiger partial charge in [-0.15, -0.1) is 24.8 Å². The van der Waals surface area contributed by atoms with Gasteiger partial charge in [0.2, 0.25) is 5.91 Å². The smallest absolute Gasteiger partial charge is 0.236 e. The van der Waals surface area contributed by atoms with Crippen molar-refractivity contribution in [2.45, 2.75) is 13.0 Å². The Morgan fingerprint density at radius 1 is 1.30 bits per heavy atom. The van der Waals surface area contributed by atoms with Crippen LogP contribution in [0.4, 0.5) is 0 Å². The monoisotopic (exact) mass is 363 g/mol. The van der Waals surface area contributed by atoms with E-state index in [1.165, 1.54) is 0 Å². The topological polar surface area (TPSA) is 44.8 Å². The zero-order valence-corrected chi connectivity index (χ0v) is 15.6. The van der Waals surface area contributed by atoms with Crippen molar-refractivity contribution in [3.8, 4) is 5.75 Å². The maximum atomic E-state index is 12.4. The second kappa shape index (κ2) is 10.7. The van der Waals surface area contributed by atoms with E-state index in [4.69, 9.17) is 4.74 Å². The Hall–Kier alpha value is -1.01. The van der Waals surface area contributed by atoms with Gasteiger partial charge >= 0.3 is 0 Å². The van der Waals surface area contributed by atoms with Gasteiger partial charge in [-0.1, -0.05) is 18.2 Å². The molecule has 1 amide bonds. The first-order valence-electron chi connectivity index (χ1n) is 7.45. The number of methoxy groups -OCH3 is 1. The number of carbonyl (C=O) groups is 1. The average molecular weight is 364 g/mol. The Morgan fingerprint density at radius 2 is 1.91 bits per heavy atom. The summed E-state index contributed by atoms with van der Waals surface area (Å²) in [6, 6.07) is 7.86. The largest absolute Gasteiger partial charge is 0.496 e. The molecule has 23 heavy (non-hydrogen) atoms. The van der Waals surface area contributed by atoms with Crippen molar-refractivity contribution in [1.82, 2.24) is 15.1 Å². The standard InChI is InChI=1S/C16H25N3O2.2ClH/c1-13(14-6-4-5-7-15(14)21-3)18(2)16(20)12-19-10-8-17-9-11-19;;/h4-7,13,17H,8-12H2,1-3H3;2*1H. The molecule has 0 aromatic heterocycles. The molecule has 1 heterocycles. The molecule has 1 aromatic rings. The van der Waals surface area contributed by atoms with E-state index in [2.05, 4.69) is 10.2 Å². The van der Waals surface area contributed by atoms with E-state index in [-0.39, 0.29) is 36.8 Å². The van der Waals surface area contributed by atoms with Crippen LogP contribution >= 0.6 is 24.8 Å². The Kier molecular flexibility index (Phi) is 10.2. The molecule has 0 aliphatic carbocycles. The normalized spacial score (nSPS) is 15.8. The van der Waals surface area contributed by atoms with Gasteiger partial charge < -0.3 is 15.0 Å². The van der Waals surface area contributed by atoms with E-state index in [0.717, 1.165) is 37.5 Å². The average Bonchev–Trinajstić information content (AvgIpc) is 2.54. The maximum Gasteiger partial charge on any atom is 0.236 e. The summed E-state index contributed by atoms with van der Waals surface area (Å²) in [7, 11) is 3.52. The minimum Gasteiger partial charge on any atom is -0.496 e. The highest BCUT2D eigenvalue weighted by Crippen LogP contribution is 2.28. The number of piperazine rings is 1. The van der Waals surface area contributed by atoms with Crippen molar-refractivity contribution in [2.75, 3.05) is 46.9 Å². The number of carbonyl (C=O) groups excluding carboxylic acids is 1. The molecule has 0 saturated carbocycles. The fourth-order valence-corrected chi connectivity index (χ4v) is 2.61. The highest BCUT2D eigenvalue weighted by Gasteiger charge is 2.22. The maximum absolute atomic E-state index is 12.4. The third kappa shape index (κ3) is 5.84. The molecule has 2 rings (SSSR count). The van der Waals surface area contributed by atoms with Crippen LogP contribution in [0.25, 0.3) is 0 Å². The van der Waals surface area contributed by atoms with Crippen LogP contribution < -0.4 is 10.1 Å². The van der Waals surface area contributed by atoms with Gasteiger partial charge in [-0.2, -0.15) is 0 Å². The zero-order chi connectivity index (χ0) is 15.2. The number of rotatable bonds is 5. The minimum atomic E-state index is -0.00318. The number of ether oxygens (including phenoxy) is 1. The van der Waals surface area contributed by atoms with Crippen molar-refractivity contribution in [2.24, 2.45) is 0 Å². The molecule has 1 aromatic carbocycles. The summed E-state index contributed by atoms with van der Waals surface area (Å²) in [5, 5.41) is 3.30. The molecule has 5 nitrogen and oxygen atoms in total. The summed E-state index contributed by atoms with van der Waals surface area (Å²) < 4.78 is 5.39. The Morgan fingerprint density at radius 3 is 2.52 bits per heavy atom. The van der Waals surface area contributed by atoms with Gasteiger partial charge in [0.05, 0.1) is 19.7 Å². The first-order chi connectivity index (χ1) is 10.1. The molecule has 1 fully saturated rings.